The van der Waals surface area contributed by atoms with Gasteiger partial charge in [0.25, 0.3) is 0 Å². The van der Waals surface area contributed by atoms with E-state index in [1.165, 1.54) is 18.4 Å². The molecule has 0 saturated heterocycles. The summed E-state index contributed by atoms with van der Waals surface area (Å²) in [4.78, 5) is 48.9. The standard InChI is InChI=1S/C20H21NO5S/c1-13-3-11-18(27-13)17(23)10-8-16(22)9-12-19(24)21-15-6-4-14(5-7-15)20(25)26-2/h3-7,11H,8-10,12H2,1-2H3,(H,21,24). The number of rotatable bonds is 9. The summed E-state index contributed by atoms with van der Waals surface area (Å²) in [5, 5.41) is 2.67. The quantitative estimate of drug-likeness (QED) is 0.522. The first-order valence-electron chi connectivity index (χ1n) is 8.48. The molecule has 6 nitrogen and oxygen atoms in total. The number of carbonyl (C=O) groups is 4. The van der Waals surface area contributed by atoms with Gasteiger partial charge in [-0.1, -0.05) is 0 Å². The number of hydrogen-bond donors (Lipinski definition) is 1. The molecule has 1 N–H and O–H groups in total. The van der Waals surface area contributed by atoms with Gasteiger partial charge < -0.3 is 10.1 Å². The van der Waals surface area contributed by atoms with E-state index in [0.29, 0.717) is 16.1 Å². The Labute approximate surface area is 161 Å². The maximum Gasteiger partial charge on any atom is 0.337 e. The van der Waals surface area contributed by atoms with Gasteiger partial charge in [0.05, 0.1) is 17.6 Å². The molecule has 1 aromatic heterocycles. The predicted molar refractivity (Wildman–Crippen MR) is 103 cm³/mol. The third-order valence-corrected chi connectivity index (χ3v) is 4.91. The van der Waals surface area contributed by atoms with E-state index in [2.05, 4.69) is 10.1 Å². The van der Waals surface area contributed by atoms with Gasteiger partial charge in [0.1, 0.15) is 5.78 Å². The molecule has 1 amide bonds. The van der Waals surface area contributed by atoms with Crippen LogP contribution in [0.5, 0.6) is 0 Å². The number of amides is 1. The second kappa shape index (κ2) is 9.78. The molecule has 2 rings (SSSR count). The second-order valence-electron chi connectivity index (χ2n) is 5.99. The maximum atomic E-state index is 12.0. The number of aryl methyl sites for hydroxylation is 1. The zero-order valence-electron chi connectivity index (χ0n) is 15.2. The minimum atomic E-state index is -0.453. The van der Waals surface area contributed by atoms with Crippen molar-refractivity contribution in [2.24, 2.45) is 0 Å². The Bertz CT molecular complexity index is 838. The first kappa shape index (κ1) is 20.5. The third-order valence-electron chi connectivity index (χ3n) is 3.87. The van der Waals surface area contributed by atoms with E-state index < -0.39 is 5.97 Å². The lowest BCUT2D eigenvalue weighted by Gasteiger charge is -2.06. The van der Waals surface area contributed by atoms with Gasteiger partial charge in [0, 0.05) is 36.2 Å². The normalized spacial score (nSPS) is 10.3. The highest BCUT2D eigenvalue weighted by molar-refractivity contribution is 7.14. The zero-order valence-corrected chi connectivity index (χ0v) is 16.1. The van der Waals surface area contributed by atoms with Crippen LogP contribution in [-0.2, 0) is 14.3 Å². The summed E-state index contributed by atoms with van der Waals surface area (Å²) in [7, 11) is 1.30. The molecule has 0 spiro atoms. The zero-order chi connectivity index (χ0) is 19.8. The fourth-order valence-corrected chi connectivity index (χ4v) is 3.20. The number of Topliss-reactive ketones (excluding diaryl/α,β-unsaturated/α-hetero) is 2. The fourth-order valence-electron chi connectivity index (χ4n) is 2.37. The van der Waals surface area contributed by atoms with E-state index in [1.807, 2.05) is 13.0 Å². The van der Waals surface area contributed by atoms with Gasteiger partial charge in [-0.2, -0.15) is 0 Å². The van der Waals surface area contributed by atoms with Gasteiger partial charge in [-0.3, -0.25) is 14.4 Å². The highest BCUT2D eigenvalue weighted by Gasteiger charge is 2.13. The minimum absolute atomic E-state index is 0.0448. The Balaban J connectivity index is 1.72. The monoisotopic (exact) mass is 387 g/mol. The molecule has 142 valence electrons. The Hall–Kier alpha value is -2.80. The van der Waals surface area contributed by atoms with Crippen molar-refractivity contribution in [3.8, 4) is 0 Å². The van der Waals surface area contributed by atoms with Crippen LogP contribution in [0.25, 0.3) is 0 Å². The number of ketones is 2. The number of ether oxygens (including phenoxy) is 1. The highest BCUT2D eigenvalue weighted by Crippen LogP contribution is 2.18. The van der Waals surface area contributed by atoms with Crippen molar-refractivity contribution in [3.05, 3.63) is 51.7 Å². The van der Waals surface area contributed by atoms with Gasteiger partial charge >= 0.3 is 5.97 Å². The molecule has 0 aliphatic rings. The van der Waals surface area contributed by atoms with E-state index in [4.69, 9.17) is 0 Å². The number of hydrogen-bond acceptors (Lipinski definition) is 6. The summed E-state index contributed by atoms with van der Waals surface area (Å²) in [5.41, 5.74) is 0.916. The van der Waals surface area contributed by atoms with Gasteiger partial charge in [-0.05, 0) is 43.3 Å². The second-order valence-corrected chi connectivity index (χ2v) is 7.28. The van der Waals surface area contributed by atoms with Crippen LogP contribution >= 0.6 is 11.3 Å². The average Bonchev–Trinajstić information content (AvgIpc) is 3.11. The van der Waals surface area contributed by atoms with E-state index in [0.717, 1.165) is 4.88 Å². The Morgan fingerprint density at radius 1 is 0.926 bits per heavy atom. The van der Waals surface area contributed by atoms with Crippen LogP contribution in [0, 0.1) is 6.92 Å². The Morgan fingerprint density at radius 2 is 1.59 bits per heavy atom. The predicted octanol–water partition coefficient (Wildman–Crippen LogP) is 3.79. The first-order chi connectivity index (χ1) is 12.9. The van der Waals surface area contributed by atoms with E-state index in [9.17, 15) is 19.2 Å². The number of thiophene rings is 1. The maximum absolute atomic E-state index is 12.0. The third kappa shape index (κ3) is 6.45. The van der Waals surface area contributed by atoms with Crippen molar-refractivity contribution >= 4 is 40.5 Å². The molecule has 0 atom stereocenters. The lowest BCUT2D eigenvalue weighted by Crippen LogP contribution is -2.14. The molecule has 0 radical (unpaired) electrons. The Morgan fingerprint density at radius 3 is 2.19 bits per heavy atom. The molecular formula is C20H21NO5S. The summed E-state index contributed by atoms with van der Waals surface area (Å²) < 4.78 is 4.60. The lowest BCUT2D eigenvalue weighted by molar-refractivity contribution is -0.122. The van der Waals surface area contributed by atoms with Gasteiger partial charge in [-0.25, -0.2) is 4.79 Å². The van der Waals surface area contributed by atoms with Crippen molar-refractivity contribution in [1.29, 1.82) is 0 Å². The fraction of sp³-hybridized carbons (Fsp3) is 0.300. The average molecular weight is 387 g/mol. The van der Waals surface area contributed by atoms with Gasteiger partial charge in [-0.15, -0.1) is 11.3 Å². The largest absolute Gasteiger partial charge is 0.465 e. The molecule has 0 unspecified atom stereocenters. The van der Waals surface area contributed by atoms with Crippen LogP contribution in [0.3, 0.4) is 0 Å². The van der Waals surface area contributed by atoms with Crippen LogP contribution in [-0.4, -0.2) is 30.6 Å². The van der Waals surface area contributed by atoms with E-state index >= 15 is 0 Å². The van der Waals surface area contributed by atoms with Crippen molar-refractivity contribution in [2.45, 2.75) is 32.6 Å². The molecule has 1 aromatic carbocycles. The number of benzene rings is 1. The summed E-state index contributed by atoms with van der Waals surface area (Å²) in [6.07, 6.45) is 0.430. The number of carbonyl (C=O) groups excluding carboxylic acids is 4. The summed E-state index contributed by atoms with van der Waals surface area (Å²) in [6, 6.07) is 9.92. The van der Waals surface area contributed by atoms with Gasteiger partial charge in [0.15, 0.2) is 5.78 Å². The number of esters is 1. The number of anilines is 1. The minimum Gasteiger partial charge on any atom is -0.465 e. The van der Waals surface area contributed by atoms with Crippen molar-refractivity contribution < 1.29 is 23.9 Å². The molecule has 0 saturated carbocycles. The van der Waals surface area contributed by atoms with Crippen LogP contribution in [0.2, 0.25) is 0 Å². The van der Waals surface area contributed by atoms with Crippen molar-refractivity contribution in [1.82, 2.24) is 0 Å². The van der Waals surface area contributed by atoms with Gasteiger partial charge in [0.2, 0.25) is 5.91 Å². The molecule has 0 bridgehead atoms. The van der Waals surface area contributed by atoms with Crippen LogP contribution in [0.4, 0.5) is 5.69 Å². The molecular weight excluding hydrogens is 366 g/mol. The topological polar surface area (TPSA) is 89.5 Å². The Kier molecular flexibility index (Phi) is 7.43. The van der Waals surface area contributed by atoms with Crippen LogP contribution in [0.15, 0.2) is 36.4 Å². The highest BCUT2D eigenvalue weighted by atomic mass is 32.1. The number of methoxy groups -OCH3 is 1. The lowest BCUT2D eigenvalue weighted by atomic mass is 10.1. The van der Waals surface area contributed by atoms with E-state index in [-0.39, 0.29) is 43.2 Å². The van der Waals surface area contributed by atoms with Crippen molar-refractivity contribution in [3.63, 3.8) is 0 Å². The SMILES string of the molecule is COC(=O)c1ccc(NC(=O)CCC(=O)CCC(=O)c2ccc(C)s2)cc1. The summed E-state index contributed by atoms with van der Waals surface area (Å²) in [5.74, 6) is -0.912. The number of nitrogens with one attached hydrogen (secondary N) is 1. The van der Waals surface area contributed by atoms with Crippen LogP contribution in [0.1, 0.15) is 50.6 Å². The molecule has 7 heteroatoms. The summed E-state index contributed by atoms with van der Waals surface area (Å²) in [6.45, 7) is 1.92. The summed E-state index contributed by atoms with van der Waals surface area (Å²) >= 11 is 1.42. The molecule has 2 aromatic rings. The smallest absolute Gasteiger partial charge is 0.337 e. The van der Waals surface area contributed by atoms with Crippen LogP contribution < -0.4 is 5.32 Å². The molecule has 0 fully saturated rings. The first-order valence-corrected chi connectivity index (χ1v) is 9.30. The van der Waals surface area contributed by atoms with E-state index in [1.54, 1.807) is 30.3 Å². The molecule has 0 aliphatic carbocycles. The molecule has 27 heavy (non-hydrogen) atoms. The van der Waals surface area contributed by atoms with Crippen molar-refractivity contribution in [2.75, 3.05) is 12.4 Å². The molecule has 0 aliphatic heterocycles. The molecule has 1 heterocycles.